The van der Waals surface area contributed by atoms with Crippen LogP contribution in [-0.4, -0.2) is 20.6 Å². The molecule has 1 heterocycles. The summed E-state index contributed by atoms with van der Waals surface area (Å²) in [6, 6.07) is 15.9. The summed E-state index contributed by atoms with van der Waals surface area (Å²) in [6.07, 6.45) is 0. The van der Waals surface area contributed by atoms with Crippen molar-refractivity contribution in [1.82, 2.24) is 20.6 Å². The maximum Gasteiger partial charge on any atom is 0.204 e. The fourth-order valence-corrected chi connectivity index (χ4v) is 2.34. The first-order valence-corrected chi connectivity index (χ1v) is 6.96. The smallest absolute Gasteiger partial charge is 0.204 e. The van der Waals surface area contributed by atoms with Gasteiger partial charge in [0.2, 0.25) is 5.82 Å². The summed E-state index contributed by atoms with van der Waals surface area (Å²) in [4.78, 5) is 0. The molecule has 2 aromatic carbocycles. The van der Waals surface area contributed by atoms with Gasteiger partial charge < -0.3 is 5.32 Å². The van der Waals surface area contributed by atoms with Crippen molar-refractivity contribution in [1.29, 1.82) is 0 Å². The molecule has 5 nitrogen and oxygen atoms in total. The molecule has 0 aliphatic rings. The van der Waals surface area contributed by atoms with Crippen LogP contribution in [0.3, 0.4) is 0 Å². The van der Waals surface area contributed by atoms with E-state index in [9.17, 15) is 0 Å². The Hall–Kier alpha value is -2.40. The van der Waals surface area contributed by atoms with Crippen LogP contribution in [0.25, 0.3) is 11.4 Å². The quantitative estimate of drug-likeness (QED) is 0.771. The number of rotatable bonds is 4. The SMILES string of the molecule is CC(Nc1cccc(-c2nn[nH]n2)c1)c1cccc(Cl)c1. The molecule has 1 unspecified atom stereocenters. The fraction of sp³-hybridized carbons (Fsp3) is 0.133. The Bertz CT molecular complexity index is 726. The van der Waals surface area contributed by atoms with Crippen molar-refractivity contribution in [2.45, 2.75) is 13.0 Å². The topological polar surface area (TPSA) is 66.5 Å². The van der Waals surface area contributed by atoms with Crippen molar-refractivity contribution >= 4 is 17.3 Å². The molecule has 3 rings (SSSR count). The average molecular weight is 300 g/mol. The molecule has 0 aliphatic heterocycles. The minimum atomic E-state index is 0.143. The van der Waals surface area contributed by atoms with Crippen LogP contribution in [0, 0.1) is 0 Å². The van der Waals surface area contributed by atoms with Crippen molar-refractivity contribution < 1.29 is 0 Å². The maximum absolute atomic E-state index is 6.03. The first-order valence-electron chi connectivity index (χ1n) is 6.58. The molecule has 21 heavy (non-hydrogen) atoms. The molecule has 1 aromatic heterocycles. The Morgan fingerprint density at radius 3 is 2.76 bits per heavy atom. The van der Waals surface area contributed by atoms with Crippen LogP contribution in [0.2, 0.25) is 5.02 Å². The number of tetrazole rings is 1. The normalized spacial score (nSPS) is 12.1. The second kappa shape index (κ2) is 5.93. The minimum Gasteiger partial charge on any atom is -0.379 e. The Labute approximate surface area is 127 Å². The molecule has 3 aromatic rings. The van der Waals surface area contributed by atoms with Gasteiger partial charge in [-0.25, -0.2) is 0 Å². The van der Waals surface area contributed by atoms with Crippen molar-refractivity contribution in [3.05, 3.63) is 59.1 Å². The molecule has 0 saturated carbocycles. The molecular formula is C15H14ClN5. The van der Waals surface area contributed by atoms with Crippen molar-refractivity contribution in [2.24, 2.45) is 0 Å². The second-order valence-electron chi connectivity index (χ2n) is 4.74. The number of anilines is 1. The highest BCUT2D eigenvalue weighted by Gasteiger charge is 2.08. The predicted molar refractivity (Wildman–Crippen MR) is 83.1 cm³/mol. The Morgan fingerprint density at radius 2 is 2.00 bits per heavy atom. The summed E-state index contributed by atoms with van der Waals surface area (Å²) in [7, 11) is 0. The van der Waals surface area contributed by atoms with E-state index in [1.807, 2.05) is 48.5 Å². The number of nitrogens with one attached hydrogen (secondary N) is 2. The zero-order valence-corrected chi connectivity index (χ0v) is 12.2. The molecule has 0 amide bonds. The van der Waals surface area contributed by atoms with Gasteiger partial charge in [-0.1, -0.05) is 35.9 Å². The van der Waals surface area contributed by atoms with E-state index in [1.54, 1.807) is 0 Å². The van der Waals surface area contributed by atoms with Gasteiger partial charge in [-0.05, 0) is 42.0 Å². The van der Waals surface area contributed by atoms with E-state index in [0.29, 0.717) is 5.82 Å². The van der Waals surface area contributed by atoms with Crippen LogP contribution in [-0.2, 0) is 0 Å². The number of H-pyrrole nitrogens is 1. The Kier molecular flexibility index (Phi) is 3.83. The summed E-state index contributed by atoms with van der Waals surface area (Å²) in [5, 5.41) is 18.2. The van der Waals surface area contributed by atoms with Gasteiger partial charge in [0.25, 0.3) is 0 Å². The molecule has 0 bridgehead atoms. The standard InChI is InChI=1S/C15H14ClN5/c1-10(11-4-2-6-13(16)8-11)17-14-7-3-5-12(9-14)15-18-20-21-19-15/h2-10,17H,1H3,(H,18,19,20,21). The van der Waals surface area contributed by atoms with Crippen molar-refractivity contribution in [2.75, 3.05) is 5.32 Å². The average Bonchev–Trinajstić information content (AvgIpc) is 3.02. The van der Waals surface area contributed by atoms with Crippen LogP contribution >= 0.6 is 11.6 Å². The minimum absolute atomic E-state index is 0.143. The van der Waals surface area contributed by atoms with Gasteiger partial charge in [-0.3, -0.25) is 0 Å². The van der Waals surface area contributed by atoms with Crippen LogP contribution in [0.15, 0.2) is 48.5 Å². The predicted octanol–water partition coefficient (Wildman–Crippen LogP) is 3.69. The lowest BCUT2D eigenvalue weighted by molar-refractivity contribution is 0.881. The summed E-state index contributed by atoms with van der Waals surface area (Å²) in [6.45, 7) is 2.09. The zero-order chi connectivity index (χ0) is 14.7. The fourth-order valence-electron chi connectivity index (χ4n) is 2.14. The molecule has 0 radical (unpaired) electrons. The van der Waals surface area contributed by atoms with E-state index < -0.39 is 0 Å². The molecule has 2 N–H and O–H groups in total. The zero-order valence-electron chi connectivity index (χ0n) is 11.4. The van der Waals surface area contributed by atoms with Gasteiger partial charge in [-0.15, -0.1) is 10.2 Å². The van der Waals surface area contributed by atoms with Gasteiger partial charge in [0.15, 0.2) is 0 Å². The molecule has 0 aliphatic carbocycles. The third kappa shape index (κ3) is 3.20. The highest BCUT2D eigenvalue weighted by molar-refractivity contribution is 6.30. The van der Waals surface area contributed by atoms with E-state index in [2.05, 4.69) is 32.9 Å². The number of nitrogens with zero attached hydrogens (tertiary/aromatic N) is 3. The summed E-state index contributed by atoms with van der Waals surface area (Å²) >= 11 is 6.03. The van der Waals surface area contributed by atoms with E-state index in [0.717, 1.165) is 21.8 Å². The highest BCUT2D eigenvalue weighted by atomic mass is 35.5. The molecule has 1 atom stereocenters. The maximum atomic E-state index is 6.03. The number of hydrogen-bond acceptors (Lipinski definition) is 4. The van der Waals surface area contributed by atoms with Gasteiger partial charge in [0, 0.05) is 22.3 Å². The number of aromatic amines is 1. The molecular weight excluding hydrogens is 286 g/mol. The third-order valence-corrected chi connectivity index (χ3v) is 3.43. The first kappa shape index (κ1) is 13.6. The lowest BCUT2D eigenvalue weighted by Crippen LogP contribution is -2.06. The van der Waals surface area contributed by atoms with E-state index >= 15 is 0 Å². The monoisotopic (exact) mass is 299 g/mol. The largest absolute Gasteiger partial charge is 0.379 e. The lowest BCUT2D eigenvalue weighted by atomic mass is 10.1. The third-order valence-electron chi connectivity index (χ3n) is 3.20. The van der Waals surface area contributed by atoms with Gasteiger partial charge in [-0.2, -0.15) is 5.21 Å². The van der Waals surface area contributed by atoms with E-state index in [-0.39, 0.29) is 6.04 Å². The molecule has 0 saturated heterocycles. The van der Waals surface area contributed by atoms with Crippen molar-refractivity contribution in [3.8, 4) is 11.4 Å². The highest BCUT2D eigenvalue weighted by Crippen LogP contribution is 2.24. The Balaban J connectivity index is 1.80. The van der Waals surface area contributed by atoms with Crippen LogP contribution in [0.5, 0.6) is 0 Å². The Morgan fingerprint density at radius 1 is 1.14 bits per heavy atom. The molecule has 6 heteroatoms. The van der Waals surface area contributed by atoms with Gasteiger partial charge in [0.05, 0.1) is 0 Å². The van der Waals surface area contributed by atoms with E-state index in [1.165, 1.54) is 0 Å². The van der Waals surface area contributed by atoms with Gasteiger partial charge in [0.1, 0.15) is 0 Å². The number of halogens is 1. The molecule has 0 spiro atoms. The van der Waals surface area contributed by atoms with Crippen LogP contribution in [0.1, 0.15) is 18.5 Å². The van der Waals surface area contributed by atoms with Gasteiger partial charge >= 0.3 is 0 Å². The summed E-state index contributed by atoms with van der Waals surface area (Å²) in [5.41, 5.74) is 3.03. The number of hydrogen-bond donors (Lipinski definition) is 2. The summed E-state index contributed by atoms with van der Waals surface area (Å²) in [5.74, 6) is 0.578. The number of aromatic nitrogens is 4. The molecule has 0 fully saturated rings. The summed E-state index contributed by atoms with van der Waals surface area (Å²) < 4.78 is 0. The van der Waals surface area contributed by atoms with Crippen molar-refractivity contribution in [3.63, 3.8) is 0 Å². The van der Waals surface area contributed by atoms with E-state index in [4.69, 9.17) is 11.6 Å². The number of benzene rings is 2. The van der Waals surface area contributed by atoms with Crippen LogP contribution in [0.4, 0.5) is 5.69 Å². The first-order chi connectivity index (χ1) is 10.2. The molecule has 106 valence electrons. The van der Waals surface area contributed by atoms with Crippen LogP contribution < -0.4 is 5.32 Å². The lowest BCUT2D eigenvalue weighted by Gasteiger charge is -2.16. The second-order valence-corrected chi connectivity index (χ2v) is 5.17.